The molecule has 2 atom stereocenters. The summed E-state index contributed by atoms with van der Waals surface area (Å²) in [4.78, 5) is 37.3. The molecule has 9 nitrogen and oxygen atoms in total. The van der Waals surface area contributed by atoms with Gasteiger partial charge in [0.15, 0.2) is 6.10 Å². The van der Waals surface area contributed by atoms with Crippen molar-refractivity contribution in [2.75, 3.05) is 47.5 Å². The largest absolute Gasteiger partial charge is 0.756 e. The minimum absolute atomic E-state index is 0.0566. The Balaban J connectivity index is 4.59. The molecule has 10 heteroatoms. The second-order valence-electron chi connectivity index (χ2n) is 14.7. The normalized spacial score (nSPS) is 14.4. The van der Waals surface area contributed by atoms with Crippen molar-refractivity contribution in [1.29, 1.82) is 0 Å². The summed E-state index contributed by atoms with van der Waals surface area (Å²) < 4.78 is 33.6. The highest BCUT2D eigenvalue weighted by molar-refractivity contribution is 7.45. The molecule has 0 heterocycles. The average molecular weight is 778 g/mol. The third-order valence-electron chi connectivity index (χ3n) is 8.32. The molecule has 0 rings (SSSR count). The van der Waals surface area contributed by atoms with E-state index >= 15 is 0 Å². The Hall–Kier alpha value is -2.55. The number of likely N-dealkylation sites (N-methyl/N-ethyl adjacent to an activating group) is 1. The molecule has 54 heavy (non-hydrogen) atoms. The summed E-state index contributed by atoms with van der Waals surface area (Å²) in [7, 11) is 1.08. The van der Waals surface area contributed by atoms with E-state index in [4.69, 9.17) is 18.5 Å². The molecule has 0 amide bonds. The highest BCUT2D eigenvalue weighted by atomic mass is 31.2. The Morgan fingerprint density at radius 3 is 1.78 bits per heavy atom. The van der Waals surface area contributed by atoms with Crippen molar-refractivity contribution in [2.24, 2.45) is 0 Å². The molecule has 0 aromatic rings. The molecule has 0 saturated heterocycles. The van der Waals surface area contributed by atoms with Gasteiger partial charge in [0, 0.05) is 12.5 Å². The monoisotopic (exact) mass is 778 g/mol. The van der Waals surface area contributed by atoms with Gasteiger partial charge in [0.05, 0.1) is 27.7 Å². The average Bonchev–Trinajstić information content (AvgIpc) is 3.12. The SMILES string of the molecule is CC/C=C/C/C=C/C/C=C/C/C=C/CCCCC(=O)OC[C@H](COP(=O)([O-])OCC[N+](C)(C)C)OC(=O)/C=C/C=C/CCCCCCCCCCCCC. The molecule has 310 valence electrons. The third kappa shape index (κ3) is 39.2. The number of rotatable bonds is 36. The first kappa shape index (κ1) is 51.5. The first-order chi connectivity index (χ1) is 26.0. The minimum atomic E-state index is -4.66. The number of ether oxygens (including phenoxy) is 2. The van der Waals surface area contributed by atoms with Gasteiger partial charge in [-0.2, -0.15) is 0 Å². The Kier molecular flexibility index (Phi) is 34.4. The Bertz CT molecular complexity index is 1150. The van der Waals surface area contributed by atoms with Crippen LogP contribution in [0.25, 0.3) is 0 Å². The van der Waals surface area contributed by atoms with Gasteiger partial charge in [0.1, 0.15) is 19.8 Å². The van der Waals surface area contributed by atoms with E-state index in [-0.39, 0.29) is 19.6 Å². The van der Waals surface area contributed by atoms with E-state index in [0.717, 1.165) is 51.4 Å². The zero-order valence-corrected chi connectivity index (χ0v) is 35.5. The van der Waals surface area contributed by atoms with Gasteiger partial charge >= 0.3 is 11.9 Å². The van der Waals surface area contributed by atoms with Crippen molar-refractivity contribution in [3.8, 4) is 0 Å². The Morgan fingerprint density at radius 1 is 0.648 bits per heavy atom. The molecule has 0 spiro atoms. The number of hydrogen-bond acceptors (Lipinski definition) is 8. The lowest BCUT2D eigenvalue weighted by atomic mass is 10.1. The molecular weight excluding hydrogens is 701 g/mol. The van der Waals surface area contributed by atoms with E-state index in [1.54, 1.807) is 12.2 Å². The van der Waals surface area contributed by atoms with Crippen LogP contribution in [0.4, 0.5) is 0 Å². The molecule has 0 aromatic carbocycles. The van der Waals surface area contributed by atoms with Gasteiger partial charge < -0.3 is 27.9 Å². The molecule has 1 unspecified atom stereocenters. The lowest BCUT2D eigenvalue weighted by Gasteiger charge is -2.28. The van der Waals surface area contributed by atoms with Crippen molar-refractivity contribution in [1.82, 2.24) is 0 Å². The molecule has 0 aromatic heterocycles. The van der Waals surface area contributed by atoms with Gasteiger partial charge in [-0.15, -0.1) is 0 Å². The standard InChI is InChI=1S/C44H76NO8P/c1-6-8-10-12-14-16-18-20-22-24-26-28-30-32-34-36-43(46)50-40-42(41-52-54(48,49)51-39-38-45(3,4)5)53-44(47)37-35-33-31-29-27-25-23-21-19-17-15-13-11-9-7-2/h8,10,14,16,20,22,26,28,31,33,35,37,42H,6-7,9,11-13,15,17-19,21,23-25,27,29-30,32,34,36,38-41H2,1-5H3/b10-8+,16-14+,22-20+,28-26+,33-31+,37-35+/t42-/m1/s1. The maximum absolute atomic E-state index is 12.5. The van der Waals surface area contributed by atoms with Crippen LogP contribution in [-0.4, -0.2) is 70.0 Å². The Labute approximate surface area is 329 Å². The lowest BCUT2D eigenvalue weighted by molar-refractivity contribution is -0.870. The number of unbranched alkanes of at least 4 members (excludes halogenated alkanes) is 13. The van der Waals surface area contributed by atoms with Gasteiger partial charge in [-0.1, -0.05) is 145 Å². The predicted octanol–water partition coefficient (Wildman–Crippen LogP) is 10.8. The number of allylic oxidation sites excluding steroid dienone is 11. The van der Waals surface area contributed by atoms with E-state index in [0.29, 0.717) is 17.4 Å². The van der Waals surface area contributed by atoms with Crippen LogP contribution >= 0.6 is 7.82 Å². The van der Waals surface area contributed by atoms with Crippen LogP contribution < -0.4 is 4.89 Å². The van der Waals surface area contributed by atoms with E-state index in [9.17, 15) is 19.0 Å². The summed E-state index contributed by atoms with van der Waals surface area (Å²) >= 11 is 0. The number of carbonyl (C=O) groups is 2. The van der Waals surface area contributed by atoms with Crippen molar-refractivity contribution >= 4 is 19.8 Å². The zero-order chi connectivity index (χ0) is 40.0. The maximum Gasteiger partial charge on any atom is 0.331 e. The molecule has 0 radical (unpaired) electrons. The molecule has 0 N–H and O–H groups in total. The fourth-order valence-electron chi connectivity index (χ4n) is 5.08. The first-order valence-electron chi connectivity index (χ1n) is 20.7. The maximum atomic E-state index is 12.5. The molecule has 0 aliphatic heterocycles. The number of carbonyl (C=O) groups excluding carboxylic acids is 2. The van der Waals surface area contributed by atoms with Crippen LogP contribution in [0.1, 0.15) is 142 Å². The van der Waals surface area contributed by atoms with Crippen molar-refractivity contribution < 1.29 is 42.1 Å². The quantitative estimate of drug-likeness (QED) is 0.0118. The van der Waals surface area contributed by atoms with Crippen LogP contribution in [0.5, 0.6) is 0 Å². The van der Waals surface area contributed by atoms with Crippen LogP contribution in [0.15, 0.2) is 72.9 Å². The van der Waals surface area contributed by atoms with Crippen molar-refractivity contribution in [3.63, 3.8) is 0 Å². The van der Waals surface area contributed by atoms with Crippen LogP contribution in [-0.2, 0) is 32.7 Å². The summed E-state index contributed by atoms with van der Waals surface area (Å²) in [5.41, 5.74) is 0. The van der Waals surface area contributed by atoms with Gasteiger partial charge in [-0.3, -0.25) is 9.36 Å². The summed E-state index contributed by atoms with van der Waals surface area (Å²) in [6, 6.07) is 0. The molecule has 0 aliphatic carbocycles. The number of nitrogens with zero attached hydrogens (tertiary/aromatic N) is 1. The van der Waals surface area contributed by atoms with Gasteiger partial charge in [-0.25, -0.2) is 4.79 Å². The van der Waals surface area contributed by atoms with E-state index in [1.807, 2.05) is 27.2 Å². The highest BCUT2D eigenvalue weighted by Crippen LogP contribution is 2.38. The molecule has 0 bridgehead atoms. The smallest absolute Gasteiger partial charge is 0.331 e. The number of phosphoric acid groups is 1. The van der Waals surface area contributed by atoms with Gasteiger partial charge in [-0.05, 0) is 57.8 Å². The molecule has 0 saturated carbocycles. The zero-order valence-electron chi connectivity index (χ0n) is 34.6. The van der Waals surface area contributed by atoms with Crippen LogP contribution in [0, 0.1) is 0 Å². The summed E-state index contributed by atoms with van der Waals surface area (Å²) in [5, 5.41) is 0. The second kappa shape index (κ2) is 36.1. The fraction of sp³-hybridized carbons (Fsp3) is 0.682. The summed E-state index contributed by atoms with van der Waals surface area (Å²) in [5.74, 6) is -1.14. The van der Waals surface area contributed by atoms with E-state index in [2.05, 4.69) is 62.5 Å². The molecular formula is C44H76NO8P. The van der Waals surface area contributed by atoms with E-state index < -0.39 is 32.5 Å². The third-order valence-corrected chi connectivity index (χ3v) is 9.28. The fourth-order valence-corrected chi connectivity index (χ4v) is 5.81. The Morgan fingerprint density at radius 2 is 1.19 bits per heavy atom. The lowest BCUT2D eigenvalue weighted by Crippen LogP contribution is -2.37. The summed E-state index contributed by atoms with van der Waals surface area (Å²) in [6.45, 7) is 3.91. The second-order valence-corrected chi connectivity index (χ2v) is 16.1. The van der Waals surface area contributed by atoms with Gasteiger partial charge in [0.25, 0.3) is 7.82 Å². The minimum Gasteiger partial charge on any atom is -0.756 e. The van der Waals surface area contributed by atoms with Gasteiger partial charge in [0.2, 0.25) is 0 Å². The van der Waals surface area contributed by atoms with Crippen LogP contribution in [0.2, 0.25) is 0 Å². The number of quaternary nitrogens is 1. The van der Waals surface area contributed by atoms with E-state index in [1.165, 1.54) is 70.3 Å². The molecule has 0 fully saturated rings. The topological polar surface area (TPSA) is 111 Å². The predicted molar refractivity (Wildman–Crippen MR) is 222 cm³/mol. The summed E-state index contributed by atoms with van der Waals surface area (Å²) in [6.07, 6.45) is 44.3. The molecule has 0 aliphatic rings. The first-order valence-corrected chi connectivity index (χ1v) is 22.1. The number of phosphoric ester groups is 1. The number of hydrogen-bond donors (Lipinski definition) is 0. The highest BCUT2D eigenvalue weighted by Gasteiger charge is 2.21. The van der Waals surface area contributed by atoms with Crippen molar-refractivity contribution in [3.05, 3.63) is 72.9 Å². The van der Waals surface area contributed by atoms with Crippen LogP contribution in [0.3, 0.4) is 0 Å². The van der Waals surface area contributed by atoms with Crippen molar-refractivity contribution in [2.45, 2.75) is 148 Å². The number of esters is 2.